The van der Waals surface area contributed by atoms with Gasteiger partial charge in [0.05, 0.1) is 0 Å². The van der Waals surface area contributed by atoms with E-state index in [9.17, 15) is 0 Å². The molecule has 0 saturated carbocycles. The van der Waals surface area contributed by atoms with Gasteiger partial charge >= 0.3 is 0 Å². The van der Waals surface area contributed by atoms with Crippen molar-refractivity contribution >= 4 is 38.8 Å². The van der Waals surface area contributed by atoms with E-state index in [2.05, 4.69) is 31.8 Å². The maximum atomic E-state index is 5.86. The smallest absolute Gasteiger partial charge is 0.106 e. The summed E-state index contributed by atoms with van der Waals surface area (Å²) < 4.78 is 1.08. The summed E-state index contributed by atoms with van der Waals surface area (Å²) in [6, 6.07) is 6.86. The third kappa shape index (κ3) is 2.64. The summed E-state index contributed by atoms with van der Waals surface area (Å²) in [5.74, 6) is 0. The molecular formula is C14H18BrN3S. The van der Waals surface area contributed by atoms with Gasteiger partial charge in [0.2, 0.25) is 0 Å². The second kappa shape index (κ2) is 5.38. The van der Waals surface area contributed by atoms with Gasteiger partial charge in [-0.05, 0) is 37.6 Å². The molecule has 2 aliphatic heterocycles. The second-order valence-electron chi connectivity index (χ2n) is 5.30. The first-order valence-corrected chi connectivity index (χ1v) is 7.93. The largest absolute Gasteiger partial charge is 0.389 e. The lowest BCUT2D eigenvalue weighted by Gasteiger charge is -2.39. The summed E-state index contributed by atoms with van der Waals surface area (Å²) in [4.78, 5) is 5.53. The molecule has 5 heteroatoms. The molecule has 1 atom stereocenters. The van der Waals surface area contributed by atoms with Crippen LogP contribution in [0.4, 0.5) is 5.69 Å². The molecule has 0 radical (unpaired) electrons. The van der Waals surface area contributed by atoms with E-state index in [0.717, 1.165) is 29.7 Å². The van der Waals surface area contributed by atoms with E-state index < -0.39 is 0 Å². The van der Waals surface area contributed by atoms with E-state index >= 15 is 0 Å². The van der Waals surface area contributed by atoms with Crippen molar-refractivity contribution in [2.45, 2.75) is 18.9 Å². The number of nitrogens with zero attached hydrogens (tertiary/aromatic N) is 2. The molecule has 0 bridgehead atoms. The zero-order valence-corrected chi connectivity index (χ0v) is 13.2. The van der Waals surface area contributed by atoms with Crippen LogP contribution in [0.3, 0.4) is 0 Å². The fourth-order valence-corrected chi connectivity index (χ4v) is 3.71. The molecule has 2 aliphatic rings. The molecule has 2 N–H and O–H groups in total. The molecule has 2 fully saturated rings. The van der Waals surface area contributed by atoms with Crippen LogP contribution in [0.25, 0.3) is 0 Å². The molecule has 2 heterocycles. The maximum absolute atomic E-state index is 5.86. The summed E-state index contributed by atoms with van der Waals surface area (Å²) in [5, 5.41) is 0. The Labute approximate surface area is 127 Å². The third-order valence-electron chi connectivity index (χ3n) is 4.15. The maximum Gasteiger partial charge on any atom is 0.106 e. The summed E-state index contributed by atoms with van der Waals surface area (Å²) in [6.07, 6.45) is 2.64. The van der Waals surface area contributed by atoms with Crippen molar-refractivity contribution in [2.24, 2.45) is 5.73 Å². The Bertz CT molecular complexity index is 505. The van der Waals surface area contributed by atoms with Crippen LogP contribution < -0.4 is 10.6 Å². The molecule has 3 rings (SSSR count). The number of halogens is 1. The molecule has 3 nitrogen and oxygen atoms in total. The van der Waals surface area contributed by atoms with Gasteiger partial charge in [-0.15, -0.1) is 0 Å². The number of hydrogen-bond donors (Lipinski definition) is 1. The van der Waals surface area contributed by atoms with E-state index in [1.807, 2.05) is 12.1 Å². The van der Waals surface area contributed by atoms with Gasteiger partial charge in [-0.2, -0.15) is 0 Å². The fraction of sp³-hybridized carbons (Fsp3) is 0.500. The minimum atomic E-state index is 0.483. The van der Waals surface area contributed by atoms with Crippen LogP contribution in [0.5, 0.6) is 0 Å². The number of piperazine rings is 1. The molecule has 0 aromatic heterocycles. The number of rotatable bonds is 2. The molecule has 0 spiro atoms. The minimum absolute atomic E-state index is 0.483. The topological polar surface area (TPSA) is 32.5 Å². The van der Waals surface area contributed by atoms with Crippen molar-refractivity contribution in [1.82, 2.24) is 4.90 Å². The van der Waals surface area contributed by atoms with Crippen molar-refractivity contribution < 1.29 is 0 Å². The van der Waals surface area contributed by atoms with Crippen molar-refractivity contribution in [3.05, 3.63) is 28.2 Å². The first kappa shape index (κ1) is 13.3. The normalized spacial score (nSPS) is 23.4. The summed E-state index contributed by atoms with van der Waals surface area (Å²) in [6.45, 7) is 4.56. The molecule has 1 unspecified atom stereocenters. The van der Waals surface area contributed by atoms with E-state index in [0.29, 0.717) is 11.0 Å². The van der Waals surface area contributed by atoms with Crippen molar-refractivity contribution in [3.8, 4) is 0 Å². The zero-order valence-electron chi connectivity index (χ0n) is 10.8. The summed E-state index contributed by atoms with van der Waals surface area (Å²) in [5.41, 5.74) is 8.02. The number of fused-ring (bicyclic) bond motifs is 1. The van der Waals surface area contributed by atoms with Crippen LogP contribution >= 0.6 is 28.1 Å². The lowest BCUT2D eigenvalue weighted by molar-refractivity contribution is 0.231. The Morgan fingerprint density at radius 2 is 2.16 bits per heavy atom. The van der Waals surface area contributed by atoms with Gasteiger partial charge < -0.3 is 10.6 Å². The minimum Gasteiger partial charge on any atom is -0.389 e. The van der Waals surface area contributed by atoms with Crippen LogP contribution in [0.1, 0.15) is 18.4 Å². The third-order valence-corrected chi connectivity index (χ3v) is 4.87. The fourth-order valence-electron chi connectivity index (χ4n) is 3.18. The highest BCUT2D eigenvalue weighted by Crippen LogP contribution is 2.30. The van der Waals surface area contributed by atoms with Crippen LogP contribution in [0.2, 0.25) is 0 Å². The number of nitrogens with two attached hydrogens (primary N) is 1. The van der Waals surface area contributed by atoms with E-state index in [1.165, 1.54) is 25.1 Å². The molecular weight excluding hydrogens is 322 g/mol. The molecule has 1 aromatic rings. The van der Waals surface area contributed by atoms with Gasteiger partial charge in [0.25, 0.3) is 0 Å². The first-order chi connectivity index (χ1) is 9.15. The Hall–Kier alpha value is -0.650. The molecule has 1 aromatic carbocycles. The van der Waals surface area contributed by atoms with Crippen LogP contribution in [-0.2, 0) is 0 Å². The monoisotopic (exact) mass is 339 g/mol. The molecule has 0 amide bonds. The van der Waals surface area contributed by atoms with E-state index in [1.54, 1.807) is 0 Å². The number of thiocarbonyl (C=S) groups is 1. The molecule has 102 valence electrons. The van der Waals surface area contributed by atoms with Crippen molar-refractivity contribution in [1.29, 1.82) is 0 Å². The van der Waals surface area contributed by atoms with Gasteiger partial charge in [0, 0.05) is 41.4 Å². The SMILES string of the molecule is NC(=S)c1ccc(Br)cc1N1CCN2CCCC2C1. The highest BCUT2D eigenvalue weighted by molar-refractivity contribution is 9.10. The van der Waals surface area contributed by atoms with Crippen LogP contribution in [0.15, 0.2) is 22.7 Å². The number of benzene rings is 1. The van der Waals surface area contributed by atoms with Crippen molar-refractivity contribution in [2.75, 3.05) is 31.1 Å². The Morgan fingerprint density at radius 1 is 1.32 bits per heavy atom. The Kier molecular flexibility index (Phi) is 3.78. The molecule has 0 aliphatic carbocycles. The van der Waals surface area contributed by atoms with Gasteiger partial charge in [-0.1, -0.05) is 28.1 Å². The predicted molar refractivity (Wildman–Crippen MR) is 86.8 cm³/mol. The van der Waals surface area contributed by atoms with Crippen LogP contribution in [-0.4, -0.2) is 42.1 Å². The van der Waals surface area contributed by atoms with E-state index in [4.69, 9.17) is 18.0 Å². The van der Waals surface area contributed by atoms with Gasteiger partial charge in [0.1, 0.15) is 4.99 Å². The molecule has 2 saturated heterocycles. The van der Waals surface area contributed by atoms with Crippen molar-refractivity contribution in [3.63, 3.8) is 0 Å². The van der Waals surface area contributed by atoms with Crippen LogP contribution in [0, 0.1) is 0 Å². The Morgan fingerprint density at radius 3 is 2.95 bits per heavy atom. The number of hydrogen-bond acceptors (Lipinski definition) is 3. The zero-order chi connectivity index (χ0) is 13.4. The highest BCUT2D eigenvalue weighted by atomic mass is 79.9. The first-order valence-electron chi connectivity index (χ1n) is 6.73. The van der Waals surface area contributed by atoms with Gasteiger partial charge in [0.15, 0.2) is 0 Å². The number of anilines is 1. The lowest BCUT2D eigenvalue weighted by Crippen LogP contribution is -2.50. The predicted octanol–water partition coefficient (Wildman–Crippen LogP) is 2.37. The lowest BCUT2D eigenvalue weighted by atomic mass is 10.1. The standard InChI is InChI=1S/C14H18BrN3S/c15-10-3-4-12(14(16)19)13(8-10)18-7-6-17-5-1-2-11(17)9-18/h3-4,8,11H,1-2,5-7,9H2,(H2,16,19). The summed E-state index contributed by atoms with van der Waals surface area (Å²) in [7, 11) is 0. The average molecular weight is 340 g/mol. The average Bonchev–Trinajstić information content (AvgIpc) is 2.85. The van der Waals surface area contributed by atoms with Gasteiger partial charge in [-0.25, -0.2) is 0 Å². The summed E-state index contributed by atoms with van der Waals surface area (Å²) >= 11 is 8.73. The molecule has 19 heavy (non-hydrogen) atoms. The highest BCUT2D eigenvalue weighted by Gasteiger charge is 2.31. The second-order valence-corrected chi connectivity index (χ2v) is 6.66. The van der Waals surface area contributed by atoms with E-state index in [-0.39, 0.29) is 0 Å². The quantitative estimate of drug-likeness (QED) is 0.838. The Balaban J connectivity index is 1.89. The van der Waals surface area contributed by atoms with Gasteiger partial charge in [-0.3, -0.25) is 4.90 Å².